The first-order valence-corrected chi connectivity index (χ1v) is 14.8. The Morgan fingerprint density at radius 1 is 1.10 bits per heavy atom. The molecule has 0 unspecified atom stereocenters. The Kier molecular flexibility index (Phi) is 9.06. The van der Waals surface area contributed by atoms with Gasteiger partial charge >= 0.3 is 0 Å². The fourth-order valence-electron chi connectivity index (χ4n) is 6.53. The number of pyridine rings is 2. The number of carbonyl (C=O) groups excluding carboxylic acids is 1. The van der Waals surface area contributed by atoms with Gasteiger partial charge in [-0.05, 0) is 97.4 Å². The smallest absolute Gasteiger partial charge is 0.253 e. The van der Waals surface area contributed by atoms with Gasteiger partial charge in [0.1, 0.15) is 5.82 Å². The number of hydrogen-bond donors (Lipinski definition) is 5. The Balaban J connectivity index is 1.68. The Labute approximate surface area is 249 Å². The molecular formula is C34H46N6O2. The average Bonchev–Trinajstić information content (AvgIpc) is 2.88. The Hall–Kier alpha value is -3.78. The number of aromatic amines is 1. The highest BCUT2D eigenvalue weighted by Gasteiger charge is 2.39. The monoisotopic (exact) mass is 570 g/mol. The topological polar surface area (TPSA) is 123 Å². The zero-order valence-electron chi connectivity index (χ0n) is 26.3. The molecule has 1 aliphatic rings. The maximum atomic E-state index is 13.8. The summed E-state index contributed by atoms with van der Waals surface area (Å²) in [4.78, 5) is 34.8. The lowest BCUT2D eigenvalue weighted by Gasteiger charge is -2.46. The molecule has 5 N–H and O–H groups in total. The van der Waals surface area contributed by atoms with Crippen molar-refractivity contribution in [2.45, 2.75) is 104 Å². The molecule has 1 fully saturated rings. The molecule has 1 aromatic carbocycles. The van der Waals surface area contributed by atoms with Gasteiger partial charge in [-0.25, -0.2) is 4.98 Å². The van der Waals surface area contributed by atoms with Crippen LogP contribution in [0.25, 0.3) is 0 Å². The molecular weight excluding hydrogens is 524 g/mol. The molecule has 1 amide bonds. The van der Waals surface area contributed by atoms with Crippen LogP contribution in [-0.4, -0.2) is 39.2 Å². The van der Waals surface area contributed by atoms with Gasteiger partial charge < -0.3 is 26.3 Å². The van der Waals surface area contributed by atoms with Crippen molar-refractivity contribution >= 4 is 17.9 Å². The first kappa shape index (κ1) is 31.2. The number of nitrogens with one attached hydrogen (secondary N) is 5. The molecule has 3 aromatic rings. The number of benzene rings is 1. The molecule has 0 aliphatic carbocycles. The van der Waals surface area contributed by atoms with Crippen molar-refractivity contribution in [2.24, 2.45) is 0 Å². The Morgan fingerprint density at radius 3 is 2.33 bits per heavy atom. The molecule has 0 radical (unpaired) electrons. The molecule has 42 heavy (non-hydrogen) atoms. The fourth-order valence-corrected chi connectivity index (χ4v) is 6.53. The van der Waals surface area contributed by atoms with Crippen LogP contribution >= 0.6 is 0 Å². The van der Waals surface area contributed by atoms with Crippen LogP contribution in [0.15, 0.2) is 41.2 Å². The molecule has 2 aromatic heterocycles. The molecule has 8 nitrogen and oxygen atoms in total. The van der Waals surface area contributed by atoms with E-state index in [2.05, 4.69) is 60.8 Å². The van der Waals surface area contributed by atoms with Gasteiger partial charge in [0.25, 0.3) is 11.5 Å². The molecule has 1 saturated heterocycles. The quantitative estimate of drug-likeness (QED) is 0.210. The lowest BCUT2D eigenvalue weighted by atomic mass is 9.74. The number of rotatable bonds is 9. The minimum Gasteiger partial charge on any atom is -0.367 e. The SMILES string of the molecule is Cc1[nH]c(=O)c(CNC(=O)c2cc(C3CC(C)(C)NC(C)(C)C3)nc(NC(C)C)c2C=N)c(C)c1Cc1ccccc1. The summed E-state index contributed by atoms with van der Waals surface area (Å²) >= 11 is 0. The minimum absolute atomic E-state index is 0.0695. The van der Waals surface area contributed by atoms with Gasteiger partial charge in [-0.1, -0.05) is 30.3 Å². The third kappa shape index (κ3) is 7.16. The highest BCUT2D eigenvalue weighted by Crippen LogP contribution is 2.39. The van der Waals surface area contributed by atoms with E-state index < -0.39 is 0 Å². The maximum absolute atomic E-state index is 13.8. The largest absolute Gasteiger partial charge is 0.367 e. The van der Waals surface area contributed by atoms with Gasteiger partial charge in [0.2, 0.25) is 0 Å². The summed E-state index contributed by atoms with van der Waals surface area (Å²) in [5.41, 5.74) is 5.73. The van der Waals surface area contributed by atoms with Crippen molar-refractivity contribution in [1.29, 1.82) is 5.41 Å². The van der Waals surface area contributed by atoms with E-state index in [1.165, 1.54) is 6.21 Å². The number of aryl methyl sites for hydroxylation is 1. The van der Waals surface area contributed by atoms with Crippen molar-refractivity contribution in [3.8, 4) is 0 Å². The van der Waals surface area contributed by atoms with E-state index in [-0.39, 0.29) is 41.0 Å². The van der Waals surface area contributed by atoms with Gasteiger partial charge in [0.05, 0.1) is 5.56 Å². The Morgan fingerprint density at radius 2 is 1.74 bits per heavy atom. The number of amides is 1. The number of hydrogen-bond acceptors (Lipinski definition) is 6. The number of H-pyrrole nitrogens is 1. The number of nitrogens with zero attached hydrogens (tertiary/aromatic N) is 1. The van der Waals surface area contributed by atoms with Crippen molar-refractivity contribution in [3.63, 3.8) is 0 Å². The number of aromatic nitrogens is 2. The molecule has 8 heteroatoms. The molecule has 3 heterocycles. The minimum atomic E-state index is -0.333. The first-order valence-electron chi connectivity index (χ1n) is 14.8. The summed E-state index contributed by atoms with van der Waals surface area (Å²) in [7, 11) is 0. The van der Waals surface area contributed by atoms with Crippen LogP contribution in [0.3, 0.4) is 0 Å². The third-order valence-electron chi connectivity index (χ3n) is 8.08. The van der Waals surface area contributed by atoms with Gasteiger partial charge in [0, 0.05) is 58.3 Å². The summed E-state index contributed by atoms with van der Waals surface area (Å²) in [6.45, 7) is 16.7. The van der Waals surface area contributed by atoms with E-state index in [1.54, 1.807) is 0 Å². The first-order chi connectivity index (χ1) is 19.7. The summed E-state index contributed by atoms with van der Waals surface area (Å²) < 4.78 is 0. The van der Waals surface area contributed by atoms with E-state index in [0.717, 1.165) is 40.9 Å². The molecule has 0 spiro atoms. The molecule has 4 rings (SSSR count). The zero-order chi connectivity index (χ0) is 30.8. The van der Waals surface area contributed by atoms with E-state index >= 15 is 0 Å². The second-order valence-electron chi connectivity index (χ2n) is 13.3. The van der Waals surface area contributed by atoms with Crippen molar-refractivity contribution in [1.82, 2.24) is 20.6 Å². The second kappa shape index (κ2) is 12.2. The van der Waals surface area contributed by atoms with Crippen LogP contribution in [0, 0.1) is 19.3 Å². The molecule has 0 saturated carbocycles. The average molecular weight is 571 g/mol. The van der Waals surface area contributed by atoms with Crippen LogP contribution in [-0.2, 0) is 13.0 Å². The van der Waals surface area contributed by atoms with E-state index in [9.17, 15) is 9.59 Å². The second-order valence-corrected chi connectivity index (χ2v) is 13.3. The predicted molar refractivity (Wildman–Crippen MR) is 171 cm³/mol. The third-order valence-corrected chi connectivity index (χ3v) is 8.08. The van der Waals surface area contributed by atoms with Gasteiger partial charge in [-0.3, -0.25) is 9.59 Å². The number of carbonyl (C=O) groups is 1. The van der Waals surface area contributed by atoms with Crippen LogP contribution < -0.4 is 21.5 Å². The van der Waals surface area contributed by atoms with Crippen molar-refractivity contribution in [3.05, 3.63) is 91.5 Å². The Bertz CT molecular complexity index is 1510. The molecule has 1 aliphatic heterocycles. The summed E-state index contributed by atoms with van der Waals surface area (Å²) in [6, 6.07) is 12.0. The van der Waals surface area contributed by atoms with Crippen LogP contribution in [0.1, 0.15) is 110 Å². The molecule has 0 atom stereocenters. The summed E-state index contributed by atoms with van der Waals surface area (Å²) in [5, 5.41) is 18.2. The number of anilines is 1. The lowest BCUT2D eigenvalue weighted by Crippen LogP contribution is -2.57. The van der Waals surface area contributed by atoms with Crippen LogP contribution in [0.5, 0.6) is 0 Å². The standard InChI is InChI=1S/C34H46N6O2/c1-20(2)37-30-27(18-35)26(15-29(39-30)24-16-33(5,6)40-34(7,8)17-24)31(41)36-19-28-21(3)25(22(4)38-32(28)42)14-23-12-10-9-11-13-23/h9-13,15,18,20,24,35,40H,14,16-17,19H2,1-8H3,(H,36,41)(H,37,39)(H,38,42). The van der Waals surface area contributed by atoms with Gasteiger partial charge in [-0.15, -0.1) is 0 Å². The lowest BCUT2D eigenvalue weighted by molar-refractivity contribution is 0.0950. The normalized spacial score (nSPS) is 16.3. The van der Waals surface area contributed by atoms with Crippen LogP contribution in [0.4, 0.5) is 5.82 Å². The number of piperidine rings is 1. The maximum Gasteiger partial charge on any atom is 0.253 e. The van der Waals surface area contributed by atoms with Gasteiger partial charge in [-0.2, -0.15) is 0 Å². The van der Waals surface area contributed by atoms with Crippen molar-refractivity contribution < 1.29 is 4.79 Å². The predicted octanol–water partition coefficient (Wildman–Crippen LogP) is 5.75. The summed E-state index contributed by atoms with van der Waals surface area (Å²) in [5.74, 6) is 0.338. The van der Waals surface area contributed by atoms with Crippen molar-refractivity contribution in [2.75, 3.05) is 5.32 Å². The van der Waals surface area contributed by atoms with E-state index in [4.69, 9.17) is 10.4 Å². The zero-order valence-corrected chi connectivity index (χ0v) is 26.3. The van der Waals surface area contributed by atoms with E-state index in [1.807, 2.05) is 52.0 Å². The highest BCUT2D eigenvalue weighted by atomic mass is 16.1. The van der Waals surface area contributed by atoms with E-state index in [0.29, 0.717) is 28.9 Å². The summed E-state index contributed by atoms with van der Waals surface area (Å²) in [6.07, 6.45) is 3.62. The molecule has 0 bridgehead atoms. The fraction of sp³-hybridized carbons (Fsp3) is 0.471. The van der Waals surface area contributed by atoms with Crippen LogP contribution in [0.2, 0.25) is 0 Å². The van der Waals surface area contributed by atoms with Gasteiger partial charge in [0.15, 0.2) is 0 Å². The molecule has 224 valence electrons. The highest BCUT2D eigenvalue weighted by molar-refractivity contribution is 6.04.